The number of β-amino-alcohol motifs (C(OH)–C–C–N with tert-alkyl or cyclic N) is 1. The molecule has 1 fully saturated rings. The van der Waals surface area contributed by atoms with Crippen LogP contribution >= 0.6 is 15.9 Å². The lowest BCUT2D eigenvalue weighted by Crippen LogP contribution is -2.42. The van der Waals surface area contributed by atoms with Gasteiger partial charge in [-0.05, 0) is 43.5 Å². The summed E-state index contributed by atoms with van der Waals surface area (Å²) in [4.78, 5) is 14.0. The summed E-state index contributed by atoms with van der Waals surface area (Å²) >= 11 is 3.40. The van der Waals surface area contributed by atoms with Gasteiger partial charge in [0.15, 0.2) is 0 Å². The number of halogens is 1. The van der Waals surface area contributed by atoms with E-state index in [-0.39, 0.29) is 12.0 Å². The van der Waals surface area contributed by atoms with Gasteiger partial charge in [-0.15, -0.1) is 0 Å². The van der Waals surface area contributed by atoms with Gasteiger partial charge in [-0.2, -0.15) is 0 Å². The summed E-state index contributed by atoms with van der Waals surface area (Å²) in [6.45, 7) is 3.15. The molecule has 1 atom stereocenters. The maximum Gasteiger partial charge on any atom is 0.253 e. The number of amides is 1. The third-order valence-corrected chi connectivity index (χ3v) is 3.43. The number of piperidine rings is 1. The van der Waals surface area contributed by atoms with E-state index in [2.05, 4.69) is 15.9 Å². The number of nitrogens with zero attached hydrogens (tertiary/aromatic N) is 1. The minimum Gasteiger partial charge on any atom is -0.391 e. The molecule has 4 heteroatoms. The standard InChI is InChI=1S/C13H16BrNO2/c1-9-5-10(7-11(14)6-9)13(17)15-4-2-3-12(16)8-15/h5-7,12,16H,2-4,8H2,1H3. The zero-order chi connectivity index (χ0) is 12.4. The van der Waals surface area contributed by atoms with Gasteiger partial charge >= 0.3 is 0 Å². The van der Waals surface area contributed by atoms with Gasteiger partial charge in [0.2, 0.25) is 0 Å². The van der Waals surface area contributed by atoms with Crippen molar-refractivity contribution in [1.82, 2.24) is 4.90 Å². The zero-order valence-corrected chi connectivity index (χ0v) is 11.4. The van der Waals surface area contributed by atoms with E-state index in [0.717, 1.165) is 29.4 Å². The van der Waals surface area contributed by atoms with Crippen LogP contribution in [0.2, 0.25) is 0 Å². The van der Waals surface area contributed by atoms with Crippen LogP contribution in [0, 0.1) is 6.92 Å². The lowest BCUT2D eigenvalue weighted by atomic mass is 10.1. The first-order chi connectivity index (χ1) is 8.06. The Hall–Kier alpha value is -0.870. The summed E-state index contributed by atoms with van der Waals surface area (Å²) in [6, 6.07) is 5.69. The Morgan fingerprint density at radius 1 is 1.47 bits per heavy atom. The molecule has 0 saturated carbocycles. The minimum atomic E-state index is -0.374. The van der Waals surface area contributed by atoms with Gasteiger partial charge in [0.05, 0.1) is 6.10 Å². The number of carbonyl (C=O) groups excluding carboxylic acids is 1. The monoisotopic (exact) mass is 297 g/mol. The van der Waals surface area contributed by atoms with E-state index in [1.165, 1.54) is 0 Å². The fourth-order valence-electron chi connectivity index (χ4n) is 2.18. The fourth-order valence-corrected chi connectivity index (χ4v) is 2.79. The molecule has 1 saturated heterocycles. The summed E-state index contributed by atoms with van der Waals surface area (Å²) < 4.78 is 0.915. The van der Waals surface area contributed by atoms with Crippen LogP contribution in [0.1, 0.15) is 28.8 Å². The Balaban J connectivity index is 2.18. The van der Waals surface area contributed by atoms with Crippen LogP contribution in [0.15, 0.2) is 22.7 Å². The third kappa shape index (κ3) is 3.07. The molecule has 0 spiro atoms. The molecule has 1 unspecified atom stereocenters. The second-order valence-electron chi connectivity index (χ2n) is 4.56. The van der Waals surface area contributed by atoms with Crippen molar-refractivity contribution in [2.45, 2.75) is 25.9 Å². The van der Waals surface area contributed by atoms with E-state index >= 15 is 0 Å². The topological polar surface area (TPSA) is 40.5 Å². The predicted octanol–water partition coefficient (Wildman–Crippen LogP) is 2.35. The number of hydrogen-bond acceptors (Lipinski definition) is 2. The first kappa shape index (κ1) is 12.6. The second kappa shape index (κ2) is 5.19. The number of carbonyl (C=O) groups is 1. The van der Waals surface area contributed by atoms with E-state index in [0.29, 0.717) is 12.1 Å². The maximum absolute atomic E-state index is 12.2. The van der Waals surface area contributed by atoms with Crippen LogP contribution in [-0.4, -0.2) is 35.1 Å². The molecule has 2 rings (SSSR count). The molecule has 1 aromatic carbocycles. The van der Waals surface area contributed by atoms with Crippen LogP contribution in [0.3, 0.4) is 0 Å². The van der Waals surface area contributed by atoms with Gasteiger partial charge in [-0.1, -0.05) is 15.9 Å². The summed E-state index contributed by atoms with van der Waals surface area (Å²) in [5.74, 6) is 0.00755. The molecule has 1 aliphatic rings. The van der Waals surface area contributed by atoms with Crippen LogP contribution in [-0.2, 0) is 0 Å². The first-order valence-corrected chi connectivity index (χ1v) is 6.60. The van der Waals surface area contributed by atoms with Crippen molar-refractivity contribution in [2.75, 3.05) is 13.1 Å². The molecule has 1 aromatic rings. The van der Waals surface area contributed by atoms with Crippen molar-refractivity contribution < 1.29 is 9.90 Å². The molecular weight excluding hydrogens is 282 g/mol. The number of aryl methyl sites for hydroxylation is 1. The van der Waals surface area contributed by atoms with E-state index in [9.17, 15) is 9.90 Å². The average Bonchev–Trinajstić information content (AvgIpc) is 2.26. The number of hydrogen-bond donors (Lipinski definition) is 1. The Morgan fingerprint density at radius 3 is 2.88 bits per heavy atom. The van der Waals surface area contributed by atoms with Crippen molar-refractivity contribution in [3.63, 3.8) is 0 Å². The smallest absolute Gasteiger partial charge is 0.253 e. The van der Waals surface area contributed by atoms with Gasteiger partial charge in [-0.25, -0.2) is 0 Å². The lowest BCUT2D eigenvalue weighted by Gasteiger charge is -2.30. The molecule has 92 valence electrons. The lowest BCUT2D eigenvalue weighted by molar-refractivity contribution is 0.0473. The molecule has 1 aliphatic heterocycles. The summed E-state index contributed by atoms with van der Waals surface area (Å²) in [5.41, 5.74) is 1.74. The summed E-state index contributed by atoms with van der Waals surface area (Å²) in [7, 11) is 0. The number of benzene rings is 1. The van der Waals surface area contributed by atoms with Gasteiger partial charge in [0.25, 0.3) is 5.91 Å². The predicted molar refractivity (Wildman–Crippen MR) is 70.0 cm³/mol. The van der Waals surface area contributed by atoms with Crippen LogP contribution < -0.4 is 0 Å². The Morgan fingerprint density at radius 2 is 2.24 bits per heavy atom. The molecule has 0 bridgehead atoms. The SMILES string of the molecule is Cc1cc(Br)cc(C(=O)N2CCCC(O)C2)c1. The Kier molecular flexibility index (Phi) is 3.84. The van der Waals surface area contributed by atoms with Crippen molar-refractivity contribution in [1.29, 1.82) is 0 Å². The quantitative estimate of drug-likeness (QED) is 0.864. The number of aliphatic hydroxyl groups is 1. The number of rotatable bonds is 1. The molecule has 3 nitrogen and oxygen atoms in total. The van der Waals surface area contributed by atoms with Crippen LogP contribution in [0.4, 0.5) is 0 Å². The molecule has 0 aromatic heterocycles. The fraction of sp³-hybridized carbons (Fsp3) is 0.462. The van der Waals surface area contributed by atoms with E-state index in [1.54, 1.807) is 4.90 Å². The number of aliphatic hydroxyl groups excluding tert-OH is 1. The summed E-state index contributed by atoms with van der Waals surface area (Å²) in [5, 5.41) is 9.58. The highest BCUT2D eigenvalue weighted by atomic mass is 79.9. The molecule has 1 amide bonds. The molecule has 0 radical (unpaired) electrons. The van der Waals surface area contributed by atoms with Gasteiger partial charge in [-0.3, -0.25) is 4.79 Å². The van der Waals surface area contributed by atoms with Gasteiger partial charge < -0.3 is 10.0 Å². The van der Waals surface area contributed by atoms with Crippen LogP contribution in [0.25, 0.3) is 0 Å². The molecule has 1 N–H and O–H groups in total. The Labute approximate surface area is 110 Å². The van der Waals surface area contributed by atoms with E-state index < -0.39 is 0 Å². The van der Waals surface area contributed by atoms with E-state index in [4.69, 9.17) is 0 Å². The first-order valence-electron chi connectivity index (χ1n) is 5.81. The Bertz CT molecular complexity index is 413. The third-order valence-electron chi connectivity index (χ3n) is 2.97. The normalized spacial score (nSPS) is 20.4. The average molecular weight is 298 g/mol. The minimum absolute atomic E-state index is 0.00755. The highest BCUT2D eigenvalue weighted by Gasteiger charge is 2.23. The van der Waals surface area contributed by atoms with Crippen molar-refractivity contribution in [3.05, 3.63) is 33.8 Å². The second-order valence-corrected chi connectivity index (χ2v) is 5.48. The maximum atomic E-state index is 12.2. The molecule has 1 heterocycles. The number of likely N-dealkylation sites (tertiary alicyclic amines) is 1. The van der Waals surface area contributed by atoms with Gasteiger partial charge in [0, 0.05) is 23.1 Å². The van der Waals surface area contributed by atoms with Crippen molar-refractivity contribution in [3.8, 4) is 0 Å². The van der Waals surface area contributed by atoms with E-state index in [1.807, 2.05) is 25.1 Å². The summed E-state index contributed by atoms with van der Waals surface area (Å²) in [6.07, 6.45) is 1.29. The highest BCUT2D eigenvalue weighted by molar-refractivity contribution is 9.10. The highest BCUT2D eigenvalue weighted by Crippen LogP contribution is 2.19. The van der Waals surface area contributed by atoms with Crippen molar-refractivity contribution in [2.24, 2.45) is 0 Å². The molecular formula is C13H16BrNO2. The molecule has 17 heavy (non-hydrogen) atoms. The van der Waals surface area contributed by atoms with Crippen molar-refractivity contribution >= 4 is 21.8 Å². The van der Waals surface area contributed by atoms with Gasteiger partial charge in [0.1, 0.15) is 0 Å². The molecule has 0 aliphatic carbocycles. The largest absolute Gasteiger partial charge is 0.391 e. The zero-order valence-electron chi connectivity index (χ0n) is 9.82. The van der Waals surface area contributed by atoms with Crippen LogP contribution in [0.5, 0.6) is 0 Å².